The van der Waals surface area contributed by atoms with Gasteiger partial charge in [0.15, 0.2) is 0 Å². The van der Waals surface area contributed by atoms with Crippen LogP contribution in [0.3, 0.4) is 0 Å². The monoisotopic (exact) mass is 804 g/mol. The molecule has 1 aromatic carbocycles. The standard InChI is InChI=1S/C41H52N6O9S/c1-5-26-22-41(26,36(51)45-57(53,54)39(3)16-17-39)44-33(48)31-20-28-23-47(31)35(50)32(25-11-8-9-12-25)43-38(52)56-40(4)21-27(40)13-7-6-10-18-46-34(49)29-15-14-24(2)19-30(29)42-37(46)55-28/h5-6,10,14-15,19,25-28,31-32H,1,7-9,11-13,16-18,20-23H2,2-4H3,(H,43,52)(H,44,48)(H,45,51)/b10-6+/t26-,27-,28-,31+,32+,40-,41-/m1/s1. The van der Waals surface area contributed by atoms with Crippen molar-refractivity contribution in [1.29, 1.82) is 0 Å². The SMILES string of the molecule is C=C[C@@H]1C[C@]1(NC(=O)[C@@H]1C[C@@H]2CN1C(=O)[C@H](C1CCCC1)NC(=O)O[C@]1(C)C[C@H]1CC/C=C/Cn1c(nc3cc(C)ccc3c1=O)O2)C(=O)NS(=O)(=O)C1(C)CC1. The van der Waals surface area contributed by atoms with Gasteiger partial charge in [0.05, 0.1) is 22.2 Å². The quantitative estimate of drug-likeness (QED) is 0.349. The lowest BCUT2D eigenvalue weighted by molar-refractivity contribution is -0.142. The number of benzene rings is 1. The Balaban J connectivity index is 1.15. The molecule has 0 unspecified atom stereocenters. The highest BCUT2D eigenvalue weighted by molar-refractivity contribution is 7.91. The first-order chi connectivity index (χ1) is 27.1. The largest absolute Gasteiger partial charge is 0.459 e. The number of hydrogen-bond acceptors (Lipinski definition) is 10. The number of amides is 4. The Labute approximate surface area is 332 Å². The number of allylic oxidation sites excluding steroid dienone is 2. The summed E-state index contributed by atoms with van der Waals surface area (Å²) in [7, 11) is -4.02. The molecule has 6 aliphatic rings. The first-order valence-electron chi connectivity index (χ1n) is 20.2. The molecule has 57 heavy (non-hydrogen) atoms. The van der Waals surface area contributed by atoms with E-state index in [0.29, 0.717) is 49.4 Å². The predicted octanol–water partition coefficient (Wildman–Crippen LogP) is 3.53. The van der Waals surface area contributed by atoms with Gasteiger partial charge in [0.2, 0.25) is 21.8 Å². The topological polar surface area (TPSA) is 195 Å². The van der Waals surface area contributed by atoms with Gasteiger partial charge in [-0.25, -0.2) is 13.2 Å². The van der Waals surface area contributed by atoms with Gasteiger partial charge < -0.3 is 25.0 Å². The minimum Gasteiger partial charge on any atom is -0.459 e. The second-order valence-electron chi connectivity index (χ2n) is 17.5. The van der Waals surface area contributed by atoms with Crippen LogP contribution in [0.25, 0.3) is 10.9 Å². The third-order valence-electron chi connectivity index (χ3n) is 13.3. The van der Waals surface area contributed by atoms with Crippen LogP contribution >= 0.6 is 0 Å². The third-order valence-corrected chi connectivity index (χ3v) is 15.5. The Hall–Kier alpha value is -4.73. The highest BCUT2D eigenvalue weighted by Gasteiger charge is 2.63. The van der Waals surface area contributed by atoms with Crippen molar-refractivity contribution in [3.05, 3.63) is 58.9 Å². The Morgan fingerprint density at radius 1 is 1.07 bits per heavy atom. The second kappa shape index (κ2) is 14.3. The van der Waals surface area contributed by atoms with Crippen molar-refractivity contribution in [1.82, 2.24) is 29.8 Å². The first-order valence-corrected chi connectivity index (χ1v) is 21.7. The molecule has 306 valence electrons. The van der Waals surface area contributed by atoms with E-state index in [1.165, 1.54) is 15.5 Å². The maximum Gasteiger partial charge on any atom is 0.408 e. The lowest BCUT2D eigenvalue weighted by Gasteiger charge is -2.32. The summed E-state index contributed by atoms with van der Waals surface area (Å²) in [5, 5.41) is 6.13. The molecule has 2 aromatic rings. The molecule has 4 saturated carbocycles. The van der Waals surface area contributed by atoms with E-state index in [0.717, 1.165) is 24.8 Å². The predicted molar refractivity (Wildman–Crippen MR) is 209 cm³/mol. The van der Waals surface area contributed by atoms with Crippen molar-refractivity contribution in [3.8, 4) is 6.01 Å². The van der Waals surface area contributed by atoms with E-state index in [-0.39, 0.29) is 49.3 Å². The van der Waals surface area contributed by atoms with Crippen LogP contribution in [0.5, 0.6) is 6.01 Å². The molecule has 2 aliphatic heterocycles. The van der Waals surface area contributed by atoms with E-state index in [9.17, 15) is 32.4 Å². The zero-order chi connectivity index (χ0) is 40.5. The minimum atomic E-state index is -4.02. The molecule has 0 spiro atoms. The number of carbonyl (C=O) groups is 4. The van der Waals surface area contributed by atoms with Crippen LogP contribution in [0.15, 0.2) is 47.8 Å². The molecular formula is C41H52N6O9S. The van der Waals surface area contributed by atoms with Crippen LogP contribution in [-0.4, -0.2) is 87.3 Å². The number of nitrogens with zero attached hydrogens (tertiary/aromatic N) is 3. The van der Waals surface area contributed by atoms with Gasteiger partial charge in [-0.05, 0) is 95.8 Å². The third kappa shape index (κ3) is 7.33. The lowest BCUT2D eigenvalue weighted by atomic mass is 9.96. The summed E-state index contributed by atoms with van der Waals surface area (Å²) in [5.74, 6) is -2.67. The fraction of sp³-hybridized carbons (Fsp3) is 0.610. The summed E-state index contributed by atoms with van der Waals surface area (Å²) in [6.45, 7) is 9.23. The van der Waals surface area contributed by atoms with Crippen LogP contribution in [0.1, 0.15) is 90.0 Å². The van der Waals surface area contributed by atoms with E-state index in [2.05, 4.69) is 21.9 Å². The number of ether oxygens (including phenoxy) is 2. The van der Waals surface area contributed by atoms with E-state index in [4.69, 9.17) is 14.5 Å². The Morgan fingerprint density at radius 3 is 2.53 bits per heavy atom. The molecule has 8 rings (SSSR count). The number of fused-ring (bicyclic) bond motifs is 5. The van der Waals surface area contributed by atoms with Gasteiger partial charge in [0.1, 0.15) is 29.3 Å². The normalized spacial score (nSPS) is 33.0. The fourth-order valence-electron chi connectivity index (χ4n) is 8.98. The fourth-order valence-corrected chi connectivity index (χ4v) is 10.3. The number of aryl methyl sites for hydroxylation is 1. The Kier molecular flexibility index (Phi) is 9.79. The van der Waals surface area contributed by atoms with Gasteiger partial charge in [-0.1, -0.05) is 37.1 Å². The molecule has 4 amide bonds. The molecule has 7 atom stereocenters. The molecule has 1 saturated heterocycles. The molecule has 1 aromatic heterocycles. The minimum absolute atomic E-state index is 0.0367. The number of nitrogens with one attached hydrogen (secondary N) is 3. The van der Waals surface area contributed by atoms with E-state index in [1.807, 2.05) is 32.1 Å². The van der Waals surface area contributed by atoms with E-state index >= 15 is 0 Å². The molecular weight excluding hydrogens is 753 g/mol. The number of sulfonamides is 1. The van der Waals surface area contributed by atoms with Crippen molar-refractivity contribution in [3.63, 3.8) is 0 Å². The molecule has 3 heterocycles. The van der Waals surface area contributed by atoms with E-state index < -0.39 is 73.8 Å². The summed E-state index contributed by atoms with van der Waals surface area (Å²) >= 11 is 0. The Bertz CT molecular complexity index is 2230. The highest BCUT2D eigenvalue weighted by Crippen LogP contribution is 2.50. The molecule has 2 bridgehead atoms. The van der Waals surface area contributed by atoms with Crippen LogP contribution in [0.2, 0.25) is 0 Å². The zero-order valence-corrected chi connectivity index (χ0v) is 33.6. The summed E-state index contributed by atoms with van der Waals surface area (Å²) in [4.78, 5) is 76.7. The molecule has 0 radical (unpaired) electrons. The Morgan fingerprint density at radius 2 is 1.82 bits per heavy atom. The van der Waals surface area contributed by atoms with Crippen LogP contribution in [-0.2, 0) is 35.7 Å². The summed E-state index contributed by atoms with van der Waals surface area (Å²) < 4.78 is 41.2. The lowest BCUT2D eigenvalue weighted by Crippen LogP contribution is -2.59. The maximum atomic E-state index is 14.8. The van der Waals surface area contributed by atoms with Crippen molar-refractivity contribution in [2.24, 2.45) is 17.8 Å². The average Bonchev–Trinajstić information content (AvgIpc) is 4.07. The van der Waals surface area contributed by atoms with E-state index in [1.54, 1.807) is 19.1 Å². The van der Waals surface area contributed by atoms with Gasteiger partial charge in [-0.15, -0.1) is 6.58 Å². The van der Waals surface area contributed by atoms with Crippen molar-refractivity contribution in [2.75, 3.05) is 6.54 Å². The van der Waals surface area contributed by atoms with Gasteiger partial charge >= 0.3 is 6.09 Å². The number of aromatic nitrogens is 2. The summed E-state index contributed by atoms with van der Waals surface area (Å²) in [6.07, 6.45) is 10.0. The first kappa shape index (κ1) is 39.1. The molecule has 3 N–H and O–H groups in total. The highest BCUT2D eigenvalue weighted by atomic mass is 32.2. The second-order valence-corrected chi connectivity index (χ2v) is 19.7. The molecule has 5 fully saturated rings. The van der Waals surface area contributed by atoms with Crippen molar-refractivity contribution >= 4 is 44.7 Å². The van der Waals surface area contributed by atoms with Crippen LogP contribution < -0.4 is 25.7 Å². The van der Waals surface area contributed by atoms with Gasteiger partial charge in [0.25, 0.3) is 17.5 Å². The molecule has 4 aliphatic carbocycles. The van der Waals surface area contributed by atoms with Crippen LogP contribution in [0, 0.1) is 24.7 Å². The molecule has 16 heteroatoms. The number of alkyl carbamates (subject to hydrolysis) is 1. The van der Waals surface area contributed by atoms with Gasteiger partial charge in [-0.3, -0.25) is 28.5 Å². The van der Waals surface area contributed by atoms with Crippen molar-refractivity contribution < 1.29 is 37.1 Å². The number of rotatable bonds is 7. The summed E-state index contributed by atoms with van der Waals surface area (Å²) in [5.41, 5.74) is -1.22. The smallest absolute Gasteiger partial charge is 0.408 e. The summed E-state index contributed by atoms with van der Waals surface area (Å²) in [6, 6.07) is 3.23. The van der Waals surface area contributed by atoms with Gasteiger partial charge in [-0.2, -0.15) is 4.98 Å². The van der Waals surface area contributed by atoms with Crippen LogP contribution in [0.4, 0.5) is 4.79 Å². The average molecular weight is 805 g/mol. The molecule has 15 nitrogen and oxygen atoms in total. The number of carbonyl (C=O) groups excluding carboxylic acids is 4. The maximum absolute atomic E-state index is 14.8. The zero-order valence-electron chi connectivity index (χ0n) is 32.8. The number of hydrogen-bond donors (Lipinski definition) is 3. The van der Waals surface area contributed by atoms with Gasteiger partial charge in [0, 0.05) is 24.8 Å². The van der Waals surface area contributed by atoms with Crippen molar-refractivity contribution in [2.45, 2.75) is 132 Å².